The lowest BCUT2D eigenvalue weighted by molar-refractivity contribution is 0.0844. The molecule has 2 atom stereocenters. The van der Waals surface area contributed by atoms with Crippen LogP contribution in [0.5, 0.6) is 0 Å². The van der Waals surface area contributed by atoms with Crippen molar-refractivity contribution in [3.63, 3.8) is 0 Å². The fourth-order valence-corrected chi connectivity index (χ4v) is 3.98. The Labute approximate surface area is 154 Å². The Kier molecular flexibility index (Phi) is 5.22. The monoisotopic (exact) mass is 356 g/mol. The van der Waals surface area contributed by atoms with Gasteiger partial charge in [-0.2, -0.15) is 5.10 Å². The van der Waals surface area contributed by atoms with Gasteiger partial charge in [-0.15, -0.1) is 0 Å². The number of hydrogen-bond acceptors (Lipinski definition) is 5. The van der Waals surface area contributed by atoms with E-state index in [9.17, 15) is 0 Å². The normalized spacial score (nSPS) is 22.5. The molecule has 1 N–H and O–H groups in total. The minimum atomic E-state index is 0.142. The molecule has 0 radical (unpaired) electrons. The van der Waals surface area contributed by atoms with Crippen LogP contribution in [0.15, 0.2) is 24.4 Å². The van der Waals surface area contributed by atoms with Crippen molar-refractivity contribution in [1.82, 2.24) is 14.8 Å². The second-order valence-corrected chi connectivity index (χ2v) is 7.41. The van der Waals surface area contributed by atoms with E-state index in [0.29, 0.717) is 11.8 Å². The van der Waals surface area contributed by atoms with Crippen molar-refractivity contribution in [1.29, 1.82) is 0 Å². The molecule has 2 saturated heterocycles. The Morgan fingerprint density at radius 2 is 1.88 bits per heavy atom. The van der Waals surface area contributed by atoms with Gasteiger partial charge in [0.25, 0.3) is 0 Å². The smallest absolute Gasteiger partial charge is 0.126 e. The zero-order valence-electron chi connectivity index (χ0n) is 15.6. The van der Waals surface area contributed by atoms with Crippen LogP contribution in [-0.4, -0.2) is 41.2 Å². The number of aromatic nitrogens is 3. The highest BCUT2D eigenvalue weighted by molar-refractivity contribution is 5.41. The van der Waals surface area contributed by atoms with Gasteiger partial charge in [-0.05, 0) is 49.9 Å². The lowest BCUT2D eigenvalue weighted by atomic mass is 9.96. The Balaban J connectivity index is 1.47. The van der Waals surface area contributed by atoms with Crippen molar-refractivity contribution in [3.8, 4) is 0 Å². The van der Waals surface area contributed by atoms with Crippen LogP contribution in [-0.2, 0) is 16.5 Å². The molecule has 2 aromatic heterocycles. The van der Waals surface area contributed by atoms with Crippen LogP contribution in [0.25, 0.3) is 0 Å². The van der Waals surface area contributed by atoms with Gasteiger partial charge in [0.1, 0.15) is 5.82 Å². The van der Waals surface area contributed by atoms with Gasteiger partial charge in [0.05, 0.1) is 24.0 Å². The standard InChI is InChI=1S/C20H28N4O2/c1-14(19-12-18(23-24(19)2)15-4-8-25-9-5-15)22-20-11-16(3-7-21-20)17-6-10-26-13-17/h3,7,11-12,14-15,17H,4-6,8-10,13H2,1-2H3,(H,21,22). The fourth-order valence-electron chi connectivity index (χ4n) is 3.98. The summed E-state index contributed by atoms with van der Waals surface area (Å²) < 4.78 is 13.0. The molecule has 140 valence electrons. The summed E-state index contributed by atoms with van der Waals surface area (Å²) in [5, 5.41) is 8.30. The first kappa shape index (κ1) is 17.5. The molecule has 4 rings (SSSR count). The molecule has 6 nitrogen and oxygen atoms in total. The molecule has 2 aliphatic rings. The van der Waals surface area contributed by atoms with Crippen LogP contribution in [0.1, 0.15) is 61.0 Å². The molecule has 0 aliphatic carbocycles. The van der Waals surface area contributed by atoms with Crippen LogP contribution in [0.4, 0.5) is 5.82 Å². The molecule has 2 unspecified atom stereocenters. The topological polar surface area (TPSA) is 61.2 Å². The molecule has 0 spiro atoms. The Hall–Kier alpha value is -1.92. The number of rotatable bonds is 5. The van der Waals surface area contributed by atoms with Crippen LogP contribution >= 0.6 is 0 Å². The third kappa shape index (κ3) is 3.76. The van der Waals surface area contributed by atoms with Crippen molar-refractivity contribution in [2.45, 2.75) is 44.1 Å². The lowest BCUT2D eigenvalue weighted by Gasteiger charge is -2.19. The third-order valence-electron chi connectivity index (χ3n) is 5.57. The molecule has 4 heterocycles. The lowest BCUT2D eigenvalue weighted by Crippen LogP contribution is -2.14. The summed E-state index contributed by atoms with van der Waals surface area (Å²) in [6.07, 6.45) is 5.10. The predicted octanol–water partition coefficient (Wildman–Crippen LogP) is 3.39. The second kappa shape index (κ2) is 7.76. The van der Waals surface area contributed by atoms with Gasteiger partial charge < -0.3 is 14.8 Å². The highest BCUT2D eigenvalue weighted by atomic mass is 16.5. The summed E-state index contributed by atoms with van der Waals surface area (Å²) in [4.78, 5) is 4.50. The molecule has 2 fully saturated rings. The van der Waals surface area contributed by atoms with E-state index >= 15 is 0 Å². The van der Waals surface area contributed by atoms with Crippen molar-refractivity contribution in [3.05, 3.63) is 41.3 Å². The summed E-state index contributed by atoms with van der Waals surface area (Å²) in [7, 11) is 2.02. The first-order valence-electron chi connectivity index (χ1n) is 9.62. The highest BCUT2D eigenvalue weighted by Crippen LogP contribution is 2.30. The predicted molar refractivity (Wildman–Crippen MR) is 100 cm³/mol. The molecule has 0 aromatic carbocycles. The summed E-state index contributed by atoms with van der Waals surface area (Å²) in [6, 6.07) is 6.64. The summed E-state index contributed by atoms with van der Waals surface area (Å²) in [5.41, 5.74) is 3.67. The largest absolute Gasteiger partial charge is 0.381 e. The quantitative estimate of drug-likeness (QED) is 0.890. The van der Waals surface area contributed by atoms with Crippen molar-refractivity contribution in [2.24, 2.45) is 7.05 Å². The van der Waals surface area contributed by atoms with E-state index in [0.717, 1.165) is 51.5 Å². The van der Waals surface area contributed by atoms with Crippen molar-refractivity contribution < 1.29 is 9.47 Å². The number of hydrogen-bond donors (Lipinski definition) is 1. The van der Waals surface area contributed by atoms with Crippen LogP contribution in [0, 0.1) is 0 Å². The molecule has 26 heavy (non-hydrogen) atoms. The Morgan fingerprint density at radius 1 is 1.12 bits per heavy atom. The van der Waals surface area contributed by atoms with Gasteiger partial charge in [0.15, 0.2) is 0 Å². The number of nitrogens with zero attached hydrogens (tertiary/aromatic N) is 3. The van der Waals surface area contributed by atoms with E-state index in [4.69, 9.17) is 14.6 Å². The van der Waals surface area contributed by atoms with Crippen LogP contribution in [0.3, 0.4) is 0 Å². The SMILES string of the molecule is CC(Nc1cc(C2CCOC2)ccn1)c1cc(C2CCOCC2)nn1C. The third-order valence-corrected chi connectivity index (χ3v) is 5.57. The van der Waals surface area contributed by atoms with Crippen molar-refractivity contribution >= 4 is 5.82 Å². The Bertz CT molecular complexity index is 733. The molecular weight excluding hydrogens is 328 g/mol. The average Bonchev–Trinajstić information content (AvgIpc) is 3.32. The molecule has 2 aromatic rings. The van der Waals surface area contributed by atoms with E-state index in [1.54, 1.807) is 0 Å². The number of pyridine rings is 1. The minimum Gasteiger partial charge on any atom is -0.381 e. The van der Waals surface area contributed by atoms with E-state index < -0.39 is 0 Å². The number of aryl methyl sites for hydroxylation is 1. The number of anilines is 1. The van der Waals surface area contributed by atoms with E-state index in [1.807, 2.05) is 17.9 Å². The van der Waals surface area contributed by atoms with Gasteiger partial charge in [0.2, 0.25) is 0 Å². The van der Waals surface area contributed by atoms with E-state index in [-0.39, 0.29) is 6.04 Å². The van der Waals surface area contributed by atoms with Crippen LogP contribution in [0.2, 0.25) is 0 Å². The molecule has 0 saturated carbocycles. The summed E-state index contributed by atoms with van der Waals surface area (Å²) in [5.74, 6) is 1.92. The second-order valence-electron chi connectivity index (χ2n) is 7.41. The molecular formula is C20H28N4O2. The summed E-state index contributed by atoms with van der Waals surface area (Å²) >= 11 is 0. The molecule has 0 bridgehead atoms. The minimum absolute atomic E-state index is 0.142. The zero-order valence-corrected chi connectivity index (χ0v) is 15.6. The number of ether oxygens (including phenoxy) is 2. The first-order chi connectivity index (χ1) is 12.7. The number of nitrogens with one attached hydrogen (secondary N) is 1. The van der Waals surface area contributed by atoms with Crippen LogP contribution < -0.4 is 5.32 Å². The van der Waals surface area contributed by atoms with E-state index in [1.165, 1.54) is 17.0 Å². The zero-order chi connectivity index (χ0) is 17.9. The van der Waals surface area contributed by atoms with E-state index in [2.05, 4.69) is 35.4 Å². The highest BCUT2D eigenvalue weighted by Gasteiger charge is 2.22. The van der Waals surface area contributed by atoms with Gasteiger partial charge in [-0.25, -0.2) is 4.98 Å². The van der Waals surface area contributed by atoms with Gasteiger partial charge in [-0.3, -0.25) is 4.68 Å². The first-order valence-corrected chi connectivity index (χ1v) is 9.62. The van der Waals surface area contributed by atoms with Gasteiger partial charge >= 0.3 is 0 Å². The molecule has 2 aliphatic heterocycles. The molecule has 0 amide bonds. The van der Waals surface area contributed by atoms with Gasteiger partial charge in [-0.1, -0.05) is 0 Å². The fraction of sp³-hybridized carbons (Fsp3) is 0.600. The molecule has 6 heteroatoms. The maximum atomic E-state index is 5.52. The Morgan fingerprint density at radius 3 is 2.65 bits per heavy atom. The van der Waals surface area contributed by atoms with Gasteiger partial charge in [0, 0.05) is 44.9 Å². The summed E-state index contributed by atoms with van der Waals surface area (Å²) in [6.45, 7) is 5.51. The average molecular weight is 356 g/mol. The maximum absolute atomic E-state index is 5.52. The maximum Gasteiger partial charge on any atom is 0.126 e. The van der Waals surface area contributed by atoms with Crippen molar-refractivity contribution in [2.75, 3.05) is 31.7 Å².